The van der Waals surface area contributed by atoms with E-state index in [4.69, 9.17) is 0 Å². The molecule has 34 heavy (non-hydrogen) atoms. The van der Waals surface area contributed by atoms with E-state index in [9.17, 15) is 14.4 Å². The van der Waals surface area contributed by atoms with Crippen LogP contribution in [0.25, 0.3) is 11.0 Å². The van der Waals surface area contributed by atoms with Crippen molar-refractivity contribution in [2.45, 2.75) is 90.4 Å². The lowest BCUT2D eigenvalue weighted by molar-refractivity contribution is -0.149. The molecule has 1 fully saturated rings. The number of aldehydes is 1. The van der Waals surface area contributed by atoms with Crippen LogP contribution >= 0.6 is 0 Å². The second-order valence-electron chi connectivity index (χ2n) is 9.80. The summed E-state index contributed by atoms with van der Waals surface area (Å²) < 4.78 is 0. The highest BCUT2D eigenvalue weighted by molar-refractivity contribution is 5.93. The third-order valence-corrected chi connectivity index (χ3v) is 6.80. The highest BCUT2D eigenvalue weighted by atomic mass is 16.2. The van der Waals surface area contributed by atoms with Gasteiger partial charge in [-0.1, -0.05) is 39.3 Å². The third kappa shape index (κ3) is 5.84. The summed E-state index contributed by atoms with van der Waals surface area (Å²) in [6.07, 6.45) is 5.45. The largest absolute Gasteiger partial charge is 0.343 e. The highest BCUT2D eigenvalue weighted by Gasteiger charge is 2.48. The predicted octanol–water partition coefficient (Wildman–Crippen LogP) is 3.84. The quantitative estimate of drug-likeness (QED) is 0.434. The molecule has 8 heteroatoms. The maximum atomic E-state index is 13.9. The number of hydrogen-bond acceptors (Lipinski definition) is 5. The van der Waals surface area contributed by atoms with Crippen LogP contribution < -0.4 is 10.6 Å². The zero-order valence-electron chi connectivity index (χ0n) is 20.9. The van der Waals surface area contributed by atoms with Gasteiger partial charge in [0.05, 0.1) is 17.1 Å². The van der Waals surface area contributed by atoms with Crippen LogP contribution in [0.5, 0.6) is 0 Å². The molecule has 2 unspecified atom stereocenters. The number of imidazole rings is 1. The van der Waals surface area contributed by atoms with E-state index in [-0.39, 0.29) is 24.3 Å². The van der Waals surface area contributed by atoms with Gasteiger partial charge < -0.3 is 20.4 Å². The van der Waals surface area contributed by atoms with Crippen LogP contribution in [-0.2, 0) is 14.4 Å². The predicted molar refractivity (Wildman–Crippen MR) is 133 cm³/mol. The van der Waals surface area contributed by atoms with Crippen molar-refractivity contribution in [1.82, 2.24) is 25.5 Å². The molecule has 8 nitrogen and oxygen atoms in total. The Hall–Kier alpha value is -2.74. The van der Waals surface area contributed by atoms with Crippen molar-refractivity contribution >= 4 is 29.1 Å². The van der Waals surface area contributed by atoms with Crippen molar-refractivity contribution in [2.75, 3.05) is 6.54 Å². The fraction of sp³-hybridized carbons (Fsp3) is 0.615. The van der Waals surface area contributed by atoms with Gasteiger partial charge in [-0.3, -0.25) is 14.5 Å². The Labute approximate surface area is 202 Å². The van der Waals surface area contributed by atoms with Gasteiger partial charge in [-0.15, -0.1) is 0 Å². The van der Waals surface area contributed by atoms with E-state index in [0.29, 0.717) is 24.7 Å². The van der Waals surface area contributed by atoms with Gasteiger partial charge in [0.2, 0.25) is 5.91 Å². The van der Waals surface area contributed by atoms with Gasteiger partial charge in [0.25, 0.3) is 5.91 Å². The molecule has 3 atom stereocenters. The summed E-state index contributed by atoms with van der Waals surface area (Å²) in [4.78, 5) is 48.7. The molecule has 0 spiro atoms. The lowest BCUT2D eigenvalue weighted by atomic mass is 9.91. The molecule has 0 radical (unpaired) electrons. The van der Waals surface area contributed by atoms with Crippen LogP contribution in [0.1, 0.15) is 84.5 Å². The van der Waals surface area contributed by atoms with E-state index in [2.05, 4.69) is 46.3 Å². The van der Waals surface area contributed by atoms with Gasteiger partial charge in [-0.25, -0.2) is 4.98 Å². The molecule has 1 aliphatic heterocycles. The first-order chi connectivity index (χ1) is 16.3. The van der Waals surface area contributed by atoms with Crippen LogP contribution in [0, 0.1) is 5.92 Å². The molecule has 1 aliphatic rings. The molecule has 2 amide bonds. The number of para-hydroxylation sites is 2. The fourth-order valence-corrected chi connectivity index (χ4v) is 4.84. The molecule has 0 saturated carbocycles. The monoisotopic (exact) mass is 469 g/mol. The fourth-order valence-electron chi connectivity index (χ4n) is 4.84. The lowest BCUT2D eigenvalue weighted by Crippen LogP contribution is -2.71. The van der Waals surface area contributed by atoms with Crippen LogP contribution in [0.3, 0.4) is 0 Å². The molecule has 0 bridgehead atoms. The smallest absolute Gasteiger partial charge is 0.262 e. The number of amides is 2. The topological polar surface area (TPSA) is 107 Å². The minimum atomic E-state index is -1.42. The molecule has 1 aromatic heterocycles. The van der Waals surface area contributed by atoms with Crippen molar-refractivity contribution in [2.24, 2.45) is 5.92 Å². The number of rotatable bonds is 11. The maximum absolute atomic E-state index is 13.9. The van der Waals surface area contributed by atoms with E-state index >= 15 is 0 Å². The zero-order chi connectivity index (χ0) is 24.7. The number of piperidine rings is 1. The van der Waals surface area contributed by atoms with Crippen molar-refractivity contribution < 1.29 is 14.4 Å². The number of H-pyrrole nitrogens is 1. The number of likely N-dealkylation sites (tertiary alicyclic amines) is 1. The average molecular weight is 470 g/mol. The van der Waals surface area contributed by atoms with Crippen molar-refractivity contribution in [3.8, 4) is 0 Å². The molecule has 2 heterocycles. The number of carbonyl (C=O) groups excluding carboxylic acids is 3. The van der Waals surface area contributed by atoms with Gasteiger partial charge in [0.15, 0.2) is 5.66 Å². The molecular formula is C26H39N5O3. The van der Waals surface area contributed by atoms with Crippen LogP contribution in [0.4, 0.5) is 0 Å². The first-order valence-corrected chi connectivity index (χ1v) is 12.6. The maximum Gasteiger partial charge on any atom is 0.262 e. The highest BCUT2D eigenvalue weighted by Crippen LogP contribution is 2.30. The second-order valence-corrected chi connectivity index (χ2v) is 9.80. The molecule has 3 N–H and O–H groups in total. The molecule has 3 rings (SSSR count). The third-order valence-electron chi connectivity index (χ3n) is 6.80. The SMILES string of the molecule is CCC1CCCCN1C(CC=O)(NC(=O)CCC(C)C)C(=O)N[C@@H](C)c1nc2ccccc2[nH]1. The Bertz CT molecular complexity index is 955. The molecule has 2 aromatic rings. The molecule has 1 saturated heterocycles. The summed E-state index contributed by atoms with van der Waals surface area (Å²) in [6, 6.07) is 7.38. The van der Waals surface area contributed by atoms with Crippen molar-refractivity contribution in [3.63, 3.8) is 0 Å². The first kappa shape index (κ1) is 25.9. The summed E-state index contributed by atoms with van der Waals surface area (Å²) in [6.45, 7) is 8.72. The summed E-state index contributed by atoms with van der Waals surface area (Å²) >= 11 is 0. The molecular weight excluding hydrogens is 430 g/mol. The van der Waals surface area contributed by atoms with Crippen molar-refractivity contribution in [3.05, 3.63) is 30.1 Å². The normalized spacial score (nSPS) is 19.5. The zero-order valence-corrected chi connectivity index (χ0v) is 20.9. The Morgan fingerprint density at radius 2 is 2.03 bits per heavy atom. The van der Waals surface area contributed by atoms with Gasteiger partial charge in [-0.05, 0) is 50.7 Å². The number of benzene rings is 1. The van der Waals surface area contributed by atoms with Gasteiger partial charge in [0, 0.05) is 25.4 Å². The number of fused-ring (bicyclic) bond motifs is 1. The number of nitrogens with zero attached hydrogens (tertiary/aromatic N) is 2. The van der Waals surface area contributed by atoms with Gasteiger partial charge in [0.1, 0.15) is 12.1 Å². The van der Waals surface area contributed by atoms with E-state index in [1.807, 2.05) is 31.2 Å². The number of aromatic nitrogens is 2. The summed E-state index contributed by atoms with van der Waals surface area (Å²) in [5.41, 5.74) is 0.292. The van der Waals surface area contributed by atoms with Crippen LogP contribution in [-0.4, -0.2) is 51.2 Å². The second kappa shape index (κ2) is 11.6. The van der Waals surface area contributed by atoms with Crippen molar-refractivity contribution in [1.29, 1.82) is 0 Å². The number of aromatic amines is 1. The Morgan fingerprint density at radius 3 is 2.71 bits per heavy atom. The standard InChI is InChI=1S/C26H39N5O3/c1-5-20-10-8-9-16-31(20)26(15-17-32,30-23(33)14-13-18(2)3)25(34)27-19(4)24-28-21-11-6-7-12-22(21)29-24/h6-7,11-12,17-20H,5,8-10,13-16H2,1-4H3,(H,27,34)(H,28,29)(H,30,33)/t19-,20?,26?/m0/s1. The molecule has 186 valence electrons. The summed E-state index contributed by atoms with van der Waals surface area (Å²) in [7, 11) is 0. The van der Waals surface area contributed by atoms with E-state index in [1.165, 1.54) is 0 Å². The van der Waals surface area contributed by atoms with Gasteiger partial charge in [-0.2, -0.15) is 0 Å². The first-order valence-electron chi connectivity index (χ1n) is 12.6. The van der Waals surface area contributed by atoms with E-state index in [1.54, 1.807) is 0 Å². The summed E-state index contributed by atoms with van der Waals surface area (Å²) in [5, 5.41) is 6.06. The number of nitrogens with one attached hydrogen (secondary N) is 3. The Morgan fingerprint density at radius 1 is 1.26 bits per heavy atom. The number of hydrogen-bond donors (Lipinski definition) is 3. The lowest BCUT2D eigenvalue weighted by Gasteiger charge is -2.48. The van der Waals surface area contributed by atoms with E-state index < -0.39 is 11.7 Å². The van der Waals surface area contributed by atoms with E-state index in [0.717, 1.165) is 49.4 Å². The molecule has 1 aromatic carbocycles. The Balaban J connectivity index is 1.91. The molecule has 0 aliphatic carbocycles. The minimum Gasteiger partial charge on any atom is -0.343 e. The Kier molecular flexibility index (Phi) is 8.83. The average Bonchev–Trinajstić information content (AvgIpc) is 3.27. The summed E-state index contributed by atoms with van der Waals surface area (Å²) in [5.74, 6) is 0.422. The van der Waals surface area contributed by atoms with Crippen LogP contribution in [0.15, 0.2) is 24.3 Å². The van der Waals surface area contributed by atoms with Crippen LogP contribution in [0.2, 0.25) is 0 Å². The number of carbonyl (C=O) groups is 3. The minimum absolute atomic E-state index is 0.102. The van der Waals surface area contributed by atoms with Gasteiger partial charge >= 0.3 is 0 Å².